The van der Waals surface area contributed by atoms with Crippen LogP contribution in [0.3, 0.4) is 0 Å². The molecular weight excluding hydrogens is 372 g/mol. The molecule has 0 radical (unpaired) electrons. The van der Waals surface area contributed by atoms with E-state index in [1.54, 1.807) is 0 Å². The molecule has 0 aliphatic carbocycles. The summed E-state index contributed by atoms with van der Waals surface area (Å²) in [6, 6.07) is 1.83. The van der Waals surface area contributed by atoms with Gasteiger partial charge >= 0.3 is 0 Å². The summed E-state index contributed by atoms with van der Waals surface area (Å²) in [6.07, 6.45) is 0.790. The van der Waals surface area contributed by atoms with Crippen molar-refractivity contribution in [3.8, 4) is 5.88 Å². The third-order valence-corrected chi connectivity index (χ3v) is 5.17. The highest BCUT2D eigenvalue weighted by Crippen LogP contribution is 2.23. The number of nitrogens with one attached hydrogen (secondary N) is 1. The molecule has 2 aliphatic heterocycles. The van der Waals surface area contributed by atoms with E-state index in [4.69, 9.17) is 14.5 Å². The van der Waals surface area contributed by atoms with Crippen molar-refractivity contribution in [3.05, 3.63) is 33.4 Å². The highest BCUT2D eigenvalue weighted by atomic mass is 16.5. The maximum absolute atomic E-state index is 12.7. The van der Waals surface area contributed by atoms with Gasteiger partial charge in [-0.3, -0.25) is 9.78 Å². The van der Waals surface area contributed by atoms with Crippen LogP contribution in [-0.4, -0.2) is 58.4 Å². The topological polar surface area (TPSA) is 96.5 Å². The Morgan fingerprint density at radius 3 is 2.69 bits per heavy atom. The zero-order chi connectivity index (χ0) is 20.5. The number of hydrogen-bond donors (Lipinski definition) is 1. The zero-order valence-electron chi connectivity index (χ0n) is 17.4. The number of aromatic amines is 1. The van der Waals surface area contributed by atoms with E-state index in [1.165, 1.54) is 0 Å². The van der Waals surface area contributed by atoms with Crippen molar-refractivity contribution in [1.29, 1.82) is 0 Å². The van der Waals surface area contributed by atoms with Crippen LogP contribution in [0.25, 0.3) is 0 Å². The van der Waals surface area contributed by atoms with Gasteiger partial charge in [-0.15, -0.1) is 0 Å². The zero-order valence-corrected chi connectivity index (χ0v) is 17.4. The van der Waals surface area contributed by atoms with Crippen LogP contribution in [-0.2, 0) is 17.7 Å². The monoisotopic (exact) mass is 400 g/mol. The van der Waals surface area contributed by atoms with Crippen LogP contribution >= 0.6 is 0 Å². The van der Waals surface area contributed by atoms with Gasteiger partial charge in [-0.1, -0.05) is 0 Å². The van der Waals surface area contributed by atoms with Gasteiger partial charge in [0.25, 0.3) is 5.56 Å². The molecule has 2 aliphatic rings. The predicted octanol–water partition coefficient (Wildman–Crippen LogP) is 1.44. The lowest BCUT2D eigenvalue weighted by atomic mass is 10.1. The van der Waals surface area contributed by atoms with Gasteiger partial charge in [0, 0.05) is 37.0 Å². The van der Waals surface area contributed by atoms with Gasteiger partial charge in [-0.2, -0.15) is 4.98 Å². The molecule has 0 amide bonds. The van der Waals surface area contributed by atoms with Crippen LogP contribution in [0.1, 0.15) is 37.7 Å². The number of morpholine rings is 1. The molecule has 1 fully saturated rings. The Hall–Kier alpha value is -2.68. The number of aromatic nitrogens is 4. The Balaban J connectivity index is 1.62. The van der Waals surface area contributed by atoms with E-state index in [2.05, 4.69) is 24.8 Å². The number of ether oxygens (including phenoxy) is 2. The van der Waals surface area contributed by atoms with Crippen molar-refractivity contribution in [1.82, 2.24) is 19.9 Å². The molecule has 9 heteroatoms. The summed E-state index contributed by atoms with van der Waals surface area (Å²) >= 11 is 0. The highest BCUT2D eigenvalue weighted by Gasteiger charge is 2.27. The van der Waals surface area contributed by atoms with Crippen molar-refractivity contribution in [2.45, 2.75) is 52.9 Å². The number of nitrogens with zero attached hydrogens (tertiary/aromatic N) is 5. The first kappa shape index (κ1) is 19.6. The molecule has 4 heterocycles. The lowest BCUT2D eigenvalue weighted by molar-refractivity contribution is -0.00575. The van der Waals surface area contributed by atoms with Gasteiger partial charge in [-0.05, 0) is 34.1 Å². The van der Waals surface area contributed by atoms with Crippen molar-refractivity contribution in [3.63, 3.8) is 0 Å². The number of fused-ring (bicyclic) bond motifs is 1. The molecule has 0 aromatic carbocycles. The second-order valence-electron chi connectivity index (χ2n) is 7.73. The first-order valence-corrected chi connectivity index (χ1v) is 10.2. The van der Waals surface area contributed by atoms with Gasteiger partial charge in [0.15, 0.2) is 0 Å². The molecule has 2 atom stereocenters. The van der Waals surface area contributed by atoms with Crippen LogP contribution in [0.4, 0.5) is 11.9 Å². The van der Waals surface area contributed by atoms with Crippen molar-refractivity contribution < 1.29 is 9.47 Å². The molecule has 9 nitrogen and oxygen atoms in total. The van der Waals surface area contributed by atoms with E-state index >= 15 is 0 Å². The van der Waals surface area contributed by atoms with E-state index in [-0.39, 0.29) is 17.8 Å². The van der Waals surface area contributed by atoms with E-state index < -0.39 is 0 Å². The minimum atomic E-state index is -0.0587. The minimum Gasteiger partial charge on any atom is -0.478 e. The first-order valence-electron chi connectivity index (χ1n) is 10.2. The number of hydrogen-bond acceptors (Lipinski definition) is 8. The van der Waals surface area contributed by atoms with Crippen molar-refractivity contribution in [2.24, 2.45) is 0 Å². The third kappa shape index (κ3) is 4.19. The summed E-state index contributed by atoms with van der Waals surface area (Å²) < 4.78 is 11.4. The smallest absolute Gasteiger partial charge is 0.255 e. The Morgan fingerprint density at radius 2 is 1.97 bits per heavy atom. The predicted molar refractivity (Wildman–Crippen MR) is 110 cm³/mol. The van der Waals surface area contributed by atoms with E-state index in [9.17, 15) is 4.79 Å². The van der Waals surface area contributed by atoms with E-state index in [0.29, 0.717) is 57.0 Å². The van der Waals surface area contributed by atoms with E-state index in [0.717, 1.165) is 17.0 Å². The second kappa shape index (κ2) is 7.98. The SMILES string of the molecule is CCOc1cc(C)nc(N2CCc3c(nc(N4C[C@H](C)O[C@@H](C)C4)[nH]c3=O)C2)n1. The van der Waals surface area contributed by atoms with Gasteiger partial charge in [0.2, 0.25) is 17.8 Å². The van der Waals surface area contributed by atoms with Crippen LogP contribution in [0.2, 0.25) is 0 Å². The maximum Gasteiger partial charge on any atom is 0.255 e. The van der Waals surface area contributed by atoms with Crippen LogP contribution < -0.4 is 20.1 Å². The molecule has 2 aromatic rings. The molecule has 0 unspecified atom stereocenters. The van der Waals surface area contributed by atoms with Crippen molar-refractivity contribution >= 4 is 11.9 Å². The average Bonchev–Trinajstić information content (AvgIpc) is 2.66. The number of anilines is 2. The van der Waals surface area contributed by atoms with Gasteiger partial charge < -0.3 is 19.3 Å². The molecule has 4 rings (SSSR count). The van der Waals surface area contributed by atoms with Gasteiger partial charge in [0.05, 0.1) is 31.1 Å². The highest BCUT2D eigenvalue weighted by molar-refractivity contribution is 5.41. The quantitative estimate of drug-likeness (QED) is 0.824. The van der Waals surface area contributed by atoms with Crippen molar-refractivity contribution in [2.75, 3.05) is 36.0 Å². The normalized spacial score (nSPS) is 21.8. The summed E-state index contributed by atoms with van der Waals surface area (Å²) in [5.74, 6) is 1.78. The third-order valence-electron chi connectivity index (χ3n) is 5.17. The lowest BCUT2D eigenvalue weighted by Crippen LogP contribution is -2.47. The summed E-state index contributed by atoms with van der Waals surface area (Å²) in [5, 5.41) is 0. The molecular formula is C20H28N6O3. The lowest BCUT2D eigenvalue weighted by Gasteiger charge is -2.36. The number of aryl methyl sites for hydroxylation is 1. The van der Waals surface area contributed by atoms with Crippen LogP contribution in [0, 0.1) is 6.92 Å². The standard InChI is InChI=1S/C20H28N6O3/c1-5-28-17-8-12(2)21-19(23-17)25-7-6-15-16(11-25)22-20(24-18(15)27)26-9-13(3)29-14(4)10-26/h8,13-14H,5-7,9-11H2,1-4H3,(H,22,24,27)/t13-,14-/m0/s1. The minimum absolute atomic E-state index is 0.0587. The number of H-pyrrole nitrogens is 1. The first-order chi connectivity index (χ1) is 13.9. The molecule has 1 saturated heterocycles. The van der Waals surface area contributed by atoms with Crippen LogP contribution in [0.5, 0.6) is 5.88 Å². The molecule has 156 valence electrons. The Morgan fingerprint density at radius 1 is 1.21 bits per heavy atom. The second-order valence-corrected chi connectivity index (χ2v) is 7.73. The molecule has 0 spiro atoms. The molecule has 29 heavy (non-hydrogen) atoms. The van der Waals surface area contributed by atoms with Crippen LogP contribution in [0.15, 0.2) is 10.9 Å². The van der Waals surface area contributed by atoms with Gasteiger partial charge in [0.1, 0.15) is 0 Å². The summed E-state index contributed by atoms with van der Waals surface area (Å²) in [5.41, 5.74) is 2.32. The number of rotatable bonds is 4. The fourth-order valence-electron chi connectivity index (χ4n) is 3.99. The Kier molecular flexibility index (Phi) is 5.40. The average molecular weight is 400 g/mol. The fraction of sp³-hybridized carbons (Fsp3) is 0.600. The molecule has 0 saturated carbocycles. The Bertz CT molecular complexity index is 936. The fourth-order valence-corrected chi connectivity index (χ4v) is 3.99. The van der Waals surface area contributed by atoms with Gasteiger partial charge in [-0.25, -0.2) is 9.97 Å². The summed E-state index contributed by atoms with van der Waals surface area (Å²) in [4.78, 5) is 33.7. The Labute approximate surface area is 170 Å². The summed E-state index contributed by atoms with van der Waals surface area (Å²) in [6.45, 7) is 11.0. The molecule has 2 aromatic heterocycles. The molecule has 0 bridgehead atoms. The maximum atomic E-state index is 12.7. The van der Waals surface area contributed by atoms with E-state index in [1.807, 2.05) is 33.8 Å². The summed E-state index contributed by atoms with van der Waals surface area (Å²) in [7, 11) is 0. The molecule has 1 N–H and O–H groups in total. The largest absolute Gasteiger partial charge is 0.478 e.